The molecule has 0 aliphatic rings. The fourth-order valence-corrected chi connectivity index (χ4v) is 1.50. The summed E-state index contributed by atoms with van der Waals surface area (Å²) in [7, 11) is 0. The fourth-order valence-electron chi connectivity index (χ4n) is 0.702. The van der Waals surface area contributed by atoms with Crippen molar-refractivity contribution >= 4 is 28.3 Å². The van der Waals surface area contributed by atoms with Crippen LogP contribution in [0.2, 0.25) is 0 Å². The zero-order valence-corrected chi connectivity index (χ0v) is 11.1. The minimum atomic E-state index is 0. The van der Waals surface area contributed by atoms with Gasteiger partial charge in [0.05, 0.1) is 0 Å². The van der Waals surface area contributed by atoms with Crippen LogP contribution in [0.5, 0.6) is 0 Å². The summed E-state index contributed by atoms with van der Waals surface area (Å²) in [5.74, 6) is 1.09. The van der Waals surface area contributed by atoms with E-state index in [1.807, 2.05) is 0 Å². The Kier molecular flexibility index (Phi) is 15.1. The van der Waals surface area contributed by atoms with Crippen LogP contribution in [0.15, 0.2) is 0 Å². The molecular formula is C7H16NNaS2. The van der Waals surface area contributed by atoms with E-state index in [0.717, 1.165) is 5.75 Å². The average molecular weight is 201 g/mol. The first-order chi connectivity index (χ1) is 4.77. The zero-order valence-electron chi connectivity index (χ0n) is 8.43. The number of thioether (sulfide) groups is 1. The van der Waals surface area contributed by atoms with E-state index >= 15 is 0 Å². The maximum absolute atomic E-state index is 5.30. The van der Waals surface area contributed by atoms with Crippen LogP contribution in [-0.2, 0) is 0 Å². The van der Waals surface area contributed by atoms with Crippen LogP contribution in [0, 0.1) is 0 Å². The number of nitrogens with two attached hydrogens (primary N) is 1. The van der Waals surface area contributed by atoms with E-state index in [4.69, 9.17) is 18.0 Å². The van der Waals surface area contributed by atoms with E-state index < -0.39 is 0 Å². The third-order valence-corrected chi connectivity index (χ3v) is 2.37. The first-order valence-electron chi connectivity index (χ1n) is 3.69. The first kappa shape index (κ1) is 14.7. The molecule has 0 aromatic heterocycles. The molecule has 4 heteroatoms. The van der Waals surface area contributed by atoms with E-state index in [0.29, 0.717) is 4.32 Å². The summed E-state index contributed by atoms with van der Waals surface area (Å²) in [6.45, 7) is 2.21. The molecule has 0 bridgehead atoms. The Bertz CT molecular complexity index is 103. The second-order valence-corrected chi connectivity index (χ2v) is 4.06. The molecule has 0 rings (SSSR count). The van der Waals surface area contributed by atoms with Crippen LogP contribution in [0.3, 0.4) is 0 Å². The van der Waals surface area contributed by atoms with E-state index in [1.165, 1.54) is 25.7 Å². The number of thiocarbonyl (C=S) groups is 1. The molecule has 62 valence electrons. The quantitative estimate of drug-likeness (QED) is 0.374. The van der Waals surface area contributed by atoms with Crippen molar-refractivity contribution in [3.8, 4) is 0 Å². The van der Waals surface area contributed by atoms with Crippen molar-refractivity contribution < 1.29 is 31.0 Å². The van der Waals surface area contributed by atoms with Gasteiger partial charge >= 0.3 is 29.6 Å². The first-order valence-corrected chi connectivity index (χ1v) is 5.09. The maximum Gasteiger partial charge on any atom is 1.00 e. The van der Waals surface area contributed by atoms with Crippen LogP contribution in [-0.4, -0.2) is 10.1 Å². The Morgan fingerprint density at radius 2 is 2.09 bits per heavy atom. The minimum Gasteiger partial charge on any atom is -1.00 e. The second kappa shape index (κ2) is 11.2. The molecule has 0 saturated carbocycles. The van der Waals surface area contributed by atoms with Gasteiger partial charge in [-0.25, -0.2) is 0 Å². The average Bonchev–Trinajstić information content (AvgIpc) is 1.87. The fraction of sp³-hybridized carbons (Fsp3) is 0.857. The smallest absolute Gasteiger partial charge is 1.00 e. The molecule has 0 spiro atoms. The number of hydrogen-bond donors (Lipinski definition) is 1. The van der Waals surface area contributed by atoms with Crippen molar-refractivity contribution in [2.45, 2.75) is 32.6 Å². The van der Waals surface area contributed by atoms with E-state index in [2.05, 4.69) is 6.92 Å². The van der Waals surface area contributed by atoms with Crippen molar-refractivity contribution in [1.82, 2.24) is 0 Å². The molecule has 0 heterocycles. The van der Waals surface area contributed by atoms with Crippen molar-refractivity contribution in [3.63, 3.8) is 0 Å². The molecule has 0 aromatic rings. The van der Waals surface area contributed by atoms with Gasteiger partial charge < -0.3 is 7.16 Å². The summed E-state index contributed by atoms with van der Waals surface area (Å²) in [4.78, 5) is 0. The number of hydrogen-bond acceptors (Lipinski definition) is 2. The van der Waals surface area contributed by atoms with Gasteiger partial charge in [-0.3, -0.25) is 0 Å². The Morgan fingerprint density at radius 3 is 2.55 bits per heavy atom. The monoisotopic (exact) mass is 201 g/mol. The van der Waals surface area contributed by atoms with Gasteiger partial charge in [0.25, 0.3) is 0 Å². The van der Waals surface area contributed by atoms with Crippen molar-refractivity contribution in [3.05, 3.63) is 0 Å². The SMILES string of the molecule is CCCCCCSC(N)=S.[H-].[Na+]. The number of rotatable bonds is 5. The van der Waals surface area contributed by atoms with Crippen molar-refractivity contribution in [1.29, 1.82) is 0 Å². The van der Waals surface area contributed by atoms with Crippen LogP contribution in [0.4, 0.5) is 0 Å². The zero-order chi connectivity index (χ0) is 7.82. The van der Waals surface area contributed by atoms with Crippen molar-refractivity contribution in [2.75, 3.05) is 5.75 Å². The van der Waals surface area contributed by atoms with Gasteiger partial charge in [-0.1, -0.05) is 50.2 Å². The molecular weight excluding hydrogens is 185 g/mol. The van der Waals surface area contributed by atoms with Crippen LogP contribution < -0.4 is 35.3 Å². The van der Waals surface area contributed by atoms with E-state index in [1.54, 1.807) is 11.8 Å². The molecule has 11 heavy (non-hydrogen) atoms. The van der Waals surface area contributed by atoms with Gasteiger partial charge in [0.2, 0.25) is 0 Å². The molecule has 0 amide bonds. The van der Waals surface area contributed by atoms with Crippen LogP contribution >= 0.6 is 24.0 Å². The molecule has 0 aromatic carbocycles. The molecule has 0 atom stereocenters. The van der Waals surface area contributed by atoms with Gasteiger partial charge in [-0.15, -0.1) is 0 Å². The van der Waals surface area contributed by atoms with Crippen molar-refractivity contribution in [2.24, 2.45) is 5.73 Å². The second-order valence-electron chi connectivity index (χ2n) is 2.23. The molecule has 2 N–H and O–H groups in total. The third-order valence-electron chi connectivity index (χ3n) is 1.24. The summed E-state index contributed by atoms with van der Waals surface area (Å²) in [5.41, 5.74) is 5.30. The summed E-state index contributed by atoms with van der Waals surface area (Å²) < 4.78 is 0.580. The minimum absolute atomic E-state index is 0. The van der Waals surface area contributed by atoms with Crippen LogP contribution in [0.1, 0.15) is 34.0 Å². The van der Waals surface area contributed by atoms with Crippen LogP contribution in [0.25, 0.3) is 0 Å². The molecule has 1 nitrogen and oxygen atoms in total. The Hall–Kier alpha value is 1.24. The normalized spacial score (nSPS) is 8.82. The maximum atomic E-state index is 5.30. The van der Waals surface area contributed by atoms with Gasteiger partial charge in [-0.2, -0.15) is 0 Å². The molecule has 0 unspecified atom stereocenters. The topological polar surface area (TPSA) is 26.0 Å². The Balaban J connectivity index is -0.000000405. The number of unbranched alkanes of at least 4 members (excludes halogenated alkanes) is 3. The summed E-state index contributed by atoms with van der Waals surface area (Å²) in [5, 5.41) is 0. The summed E-state index contributed by atoms with van der Waals surface area (Å²) >= 11 is 6.31. The largest absolute Gasteiger partial charge is 1.00 e. The third kappa shape index (κ3) is 14.1. The van der Waals surface area contributed by atoms with Gasteiger partial charge in [0.15, 0.2) is 0 Å². The molecule has 0 saturated heterocycles. The predicted molar refractivity (Wildman–Crippen MR) is 54.5 cm³/mol. The molecule has 0 fully saturated rings. The standard InChI is InChI=1S/C7H15NS2.Na.H/c1-2-3-4-5-6-10-7(8)9;;/h2-6H2,1H3,(H2,8,9);;/q;+1;-1. The van der Waals surface area contributed by atoms with Gasteiger partial charge in [0, 0.05) is 5.75 Å². The predicted octanol–water partition coefficient (Wildman–Crippen LogP) is -0.340. The van der Waals surface area contributed by atoms with E-state index in [9.17, 15) is 0 Å². The molecule has 0 aliphatic carbocycles. The van der Waals surface area contributed by atoms with Gasteiger partial charge in [-0.05, 0) is 6.42 Å². The summed E-state index contributed by atoms with van der Waals surface area (Å²) in [6, 6.07) is 0. The Morgan fingerprint density at radius 1 is 1.45 bits per heavy atom. The van der Waals surface area contributed by atoms with Gasteiger partial charge in [0.1, 0.15) is 4.32 Å². The van der Waals surface area contributed by atoms with E-state index in [-0.39, 0.29) is 31.0 Å². The molecule has 0 radical (unpaired) electrons. The molecule has 0 aliphatic heterocycles. The summed E-state index contributed by atoms with van der Waals surface area (Å²) in [6.07, 6.45) is 5.18. The Labute approximate surface area is 103 Å².